The monoisotopic (exact) mass is 814 g/mol. The summed E-state index contributed by atoms with van der Waals surface area (Å²) in [5.74, 6) is 0.0301. The molecule has 13 nitrogen and oxygen atoms in total. The first-order valence-corrected chi connectivity index (χ1v) is 21.4. The van der Waals surface area contributed by atoms with Crippen LogP contribution in [0.2, 0.25) is 0 Å². The van der Waals surface area contributed by atoms with Crippen molar-refractivity contribution >= 4 is 22.3 Å². The number of rotatable bonds is 12. The van der Waals surface area contributed by atoms with Gasteiger partial charge in [0.15, 0.2) is 0 Å². The number of carbonyl (C=O) groups excluding carboxylic acids is 2. The molecule has 14 heteroatoms. The molecule has 5 N–H and O–H groups in total. The van der Waals surface area contributed by atoms with E-state index < -0.39 is 58.4 Å². The molecule has 2 aromatic carbocycles. The number of likely N-dealkylation sites (tertiary alicyclic amines) is 1. The highest BCUT2D eigenvalue weighted by molar-refractivity contribution is 7.86. The van der Waals surface area contributed by atoms with Gasteiger partial charge in [-0.25, -0.2) is 9.59 Å². The van der Waals surface area contributed by atoms with Gasteiger partial charge in [-0.2, -0.15) is 8.42 Å². The average Bonchev–Trinajstić information content (AvgIpc) is 3.91. The van der Waals surface area contributed by atoms with Crippen LogP contribution in [0.15, 0.2) is 83.8 Å². The average molecular weight is 815 g/mol. The van der Waals surface area contributed by atoms with Crippen molar-refractivity contribution in [2.24, 2.45) is 5.92 Å². The van der Waals surface area contributed by atoms with Gasteiger partial charge in [0.05, 0.1) is 29.7 Å². The summed E-state index contributed by atoms with van der Waals surface area (Å²) in [5.41, 5.74) is 0.125. The zero-order valence-corrected chi connectivity index (χ0v) is 35.6. The Hall–Kier alpha value is -3.79. The van der Waals surface area contributed by atoms with E-state index in [2.05, 4.69) is 20.9 Å². The van der Waals surface area contributed by atoms with E-state index in [4.69, 9.17) is 13.7 Å². The number of allylic oxidation sites excluding steroid dienone is 3. The lowest BCUT2D eigenvalue weighted by molar-refractivity contribution is 0.0319. The smallest absolute Gasteiger partial charge is 0.408 e. The molecule has 2 saturated heterocycles. The first-order chi connectivity index (χ1) is 26.8. The van der Waals surface area contributed by atoms with E-state index in [9.17, 15) is 28.2 Å². The van der Waals surface area contributed by atoms with E-state index in [1.54, 1.807) is 63.2 Å². The van der Waals surface area contributed by atoms with E-state index in [-0.39, 0.29) is 16.9 Å². The zero-order valence-electron chi connectivity index (χ0n) is 34.8. The summed E-state index contributed by atoms with van der Waals surface area (Å²) in [4.78, 5) is 26.6. The van der Waals surface area contributed by atoms with Crippen LogP contribution in [0.3, 0.4) is 0 Å². The zero-order chi connectivity index (χ0) is 42.1. The summed E-state index contributed by atoms with van der Waals surface area (Å²) in [6.45, 7) is 17.2. The van der Waals surface area contributed by atoms with Gasteiger partial charge in [-0.3, -0.25) is 4.18 Å². The molecule has 0 spiro atoms. The number of alkyl carbamates (subject to hydrolysis) is 2. The van der Waals surface area contributed by atoms with Gasteiger partial charge < -0.3 is 40.5 Å². The molecule has 0 saturated carbocycles. The number of hydrogen-bond acceptors (Lipinski definition) is 11. The van der Waals surface area contributed by atoms with Crippen LogP contribution in [0, 0.1) is 12.8 Å². The van der Waals surface area contributed by atoms with E-state index in [1.807, 2.05) is 52.0 Å². The van der Waals surface area contributed by atoms with E-state index in [0.29, 0.717) is 12.1 Å². The number of aliphatic hydroxyl groups excluding tert-OH is 2. The number of aliphatic hydroxyl groups is 2. The minimum atomic E-state index is -4.06. The van der Waals surface area contributed by atoms with Gasteiger partial charge in [0.25, 0.3) is 10.1 Å². The van der Waals surface area contributed by atoms with Crippen LogP contribution in [0.4, 0.5) is 9.59 Å². The molecule has 57 heavy (non-hydrogen) atoms. The normalized spacial score (nSPS) is 19.1. The standard InChI is InChI=1S/C21H27NO6S.C18H30N2O3.C4H9N/c1-15-10-12-17(13-11-15)29(25,26)27-14-18(22-20(24)28-21(2,3)4)19(23)16-8-6-5-7-9-16;1-18(2,3)23-17(22)19-15(13-20-11-7-8-12-20)16(21)14-9-5-4-6-10-14;1-2-4-5-3-1/h5-13,18-19,23H,14H2,1-4H3,(H,22,24);4-6,9,14-16,21H,7-8,10-13H2,1-3H3,(H,19,22);5H,1-4H2/t18-,19-;14?,15-,16-;/m11./s1. The maximum atomic E-state index is 12.5. The molecule has 5 rings (SSSR count). The van der Waals surface area contributed by atoms with E-state index in [1.165, 1.54) is 50.9 Å². The van der Waals surface area contributed by atoms with Gasteiger partial charge in [-0.15, -0.1) is 0 Å². The third-order valence-corrected chi connectivity index (χ3v) is 10.4. The summed E-state index contributed by atoms with van der Waals surface area (Å²) in [5, 5.41) is 30.1. The summed E-state index contributed by atoms with van der Waals surface area (Å²) >= 11 is 0. The quantitative estimate of drug-likeness (QED) is 0.155. The molecule has 0 bridgehead atoms. The fourth-order valence-corrected chi connectivity index (χ4v) is 7.14. The Balaban J connectivity index is 0.000000276. The molecule has 5 atom stereocenters. The van der Waals surface area contributed by atoms with Crippen molar-refractivity contribution in [1.29, 1.82) is 0 Å². The first-order valence-electron chi connectivity index (χ1n) is 20.0. The van der Waals surface area contributed by atoms with Gasteiger partial charge >= 0.3 is 12.2 Å². The molecular weight excluding hydrogens is 749 g/mol. The highest BCUT2D eigenvalue weighted by atomic mass is 32.2. The molecule has 0 aromatic heterocycles. The first kappa shape index (κ1) is 47.6. The Bertz CT molecular complexity index is 1660. The molecule has 0 radical (unpaired) electrons. The summed E-state index contributed by atoms with van der Waals surface area (Å²) < 4.78 is 40.7. The Kier molecular flexibility index (Phi) is 19.2. The van der Waals surface area contributed by atoms with Crippen molar-refractivity contribution in [2.75, 3.05) is 39.3 Å². The highest BCUT2D eigenvalue weighted by Gasteiger charge is 2.32. The van der Waals surface area contributed by atoms with Crippen molar-refractivity contribution in [2.45, 2.75) is 121 Å². The Morgan fingerprint density at radius 3 is 1.88 bits per heavy atom. The number of amides is 2. The fraction of sp³-hybridized carbons (Fsp3) is 0.581. The lowest BCUT2D eigenvalue weighted by Gasteiger charge is -2.32. The molecule has 1 unspecified atom stereocenters. The number of hydrogen-bond donors (Lipinski definition) is 5. The predicted octanol–water partition coefficient (Wildman–Crippen LogP) is 6.17. The summed E-state index contributed by atoms with van der Waals surface area (Å²) in [6, 6.07) is 13.4. The Morgan fingerprint density at radius 2 is 1.39 bits per heavy atom. The van der Waals surface area contributed by atoms with Crippen LogP contribution in [-0.2, 0) is 23.8 Å². The third-order valence-electron chi connectivity index (χ3n) is 9.11. The number of benzene rings is 2. The van der Waals surface area contributed by atoms with Crippen molar-refractivity contribution < 1.29 is 41.9 Å². The summed E-state index contributed by atoms with van der Waals surface area (Å²) in [7, 11) is -4.06. The number of nitrogens with zero attached hydrogens (tertiary/aromatic N) is 1. The number of aryl methyl sites for hydroxylation is 1. The molecule has 1 aliphatic carbocycles. The maximum absolute atomic E-state index is 12.5. The Labute approximate surface area is 340 Å². The second kappa shape index (κ2) is 23.0. The third kappa shape index (κ3) is 18.6. The van der Waals surface area contributed by atoms with Crippen LogP contribution >= 0.6 is 0 Å². The molecule has 2 amide bonds. The van der Waals surface area contributed by atoms with Gasteiger partial charge in [0, 0.05) is 12.5 Å². The largest absolute Gasteiger partial charge is 0.444 e. The SMILES string of the molecule is C1CCNC1.CC(C)(C)OC(=O)N[C@H](CN1CCCC1)[C@H](O)C1C=CC=CC1.Cc1ccc(S(=O)(=O)OC[C@@H](NC(=O)OC(C)(C)C)[C@H](O)c2ccccc2)cc1. The highest BCUT2D eigenvalue weighted by Crippen LogP contribution is 2.22. The van der Waals surface area contributed by atoms with Crippen LogP contribution in [0.25, 0.3) is 0 Å². The van der Waals surface area contributed by atoms with E-state index >= 15 is 0 Å². The fourth-order valence-electron chi connectivity index (χ4n) is 6.21. The van der Waals surface area contributed by atoms with Crippen molar-refractivity contribution in [3.05, 3.63) is 90.0 Å². The van der Waals surface area contributed by atoms with Crippen molar-refractivity contribution in [3.63, 3.8) is 0 Å². The topological polar surface area (TPSA) is 176 Å². The minimum Gasteiger partial charge on any atom is -0.444 e. The van der Waals surface area contributed by atoms with Crippen LogP contribution in [-0.4, -0.2) is 104 Å². The molecule has 318 valence electrons. The van der Waals surface area contributed by atoms with Crippen LogP contribution in [0.1, 0.15) is 90.9 Å². The molecule has 2 heterocycles. The molecule has 3 aliphatic rings. The number of nitrogens with one attached hydrogen (secondary N) is 3. The van der Waals surface area contributed by atoms with Gasteiger partial charge in [0.1, 0.15) is 17.3 Å². The van der Waals surface area contributed by atoms with Gasteiger partial charge in [-0.1, -0.05) is 72.3 Å². The van der Waals surface area contributed by atoms with Crippen LogP contribution in [0.5, 0.6) is 0 Å². The van der Waals surface area contributed by atoms with E-state index in [0.717, 1.165) is 25.1 Å². The number of ether oxygens (including phenoxy) is 2. The maximum Gasteiger partial charge on any atom is 0.408 e. The summed E-state index contributed by atoms with van der Waals surface area (Å²) in [6.07, 6.45) is 10.9. The second-order valence-corrected chi connectivity index (χ2v) is 18.2. The lowest BCUT2D eigenvalue weighted by Crippen LogP contribution is -2.53. The second-order valence-electron chi connectivity index (χ2n) is 16.6. The van der Waals surface area contributed by atoms with Gasteiger partial charge in [-0.05, 0) is 124 Å². The van der Waals surface area contributed by atoms with Crippen molar-refractivity contribution in [1.82, 2.24) is 20.9 Å². The number of carbonyl (C=O) groups is 2. The Morgan fingerprint density at radius 1 is 0.825 bits per heavy atom. The molecule has 2 aromatic rings. The minimum absolute atomic E-state index is 0.00619. The lowest BCUT2D eigenvalue weighted by atomic mass is 9.90. The predicted molar refractivity (Wildman–Crippen MR) is 222 cm³/mol. The molecule has 2 aliphatic heterocycles. The van der Waals surface area contributed by atoms with Crippen molar-refractivity contribution in [3.8, 4) is 0 Å². The van der Waals surface area contributed by atoms with Gasteiger partial charge in [0.2, 0.25) is 0 Å². The molecule has 2 fully saturated rings. The van der Waals surface area contributed by atoms with Crippen LogP contribution < -0.4 is 16.0 Å². The molecular formula is C43H66N4O9S.